The van der Waals surface area contributed by atoms with Crippen molar-refractivity contribution in [3.63, 3.8) is 0 Å². The fourth-order valence-corrected chi connectivity index (χ4v) is 5.69. The molecule has 1 N–H and O–H groups in total. The minimum absolute atomic E-state index is 0.147. The molecule has 9 heteroatoms. The zero-order valence-corrected chi connectivity index (χ0v) is 18.0. The minimum atomic E-state index is -0.478. The van der Waals surface area contributed by atoms with E-state index >= 15 is 0 Å². The number of hydrogen-bond donors (Lipinski definition) is 1. The number of ether oxygens (including phenoxy) is 2. The summed E-state index contributed by atoms with van der Waals surface area (Å²) in [6.45, 7) is -0.401. The summed E-state index contributed by atoms with van der Waals surface area (Å²) in [7, 11) is 1.32. The number of benzene rings is 1. The van der Waals surface area contributed by atoms with Crippen LogP contribution in [0.4, 0.5) is 5.00 Å². The van der Waals surface area contributed by atoms with Crippen molar-refractivity contribution < 1.29 is 23.9 Å². The van der Waals surface area contributed by atoms with Gasteiger partial charge in [0.15, 0.2) is 6.61 Å². The molecule has 0 fully saturated rings. The lowest BCUT2D eigenvalue weighted by atomic mass is 10.1. The Morgan fingerprint density at radius 3 is 2.80 bits per heavy atom. The predicted molar refractivity (Wildman–Crippen MR) is 115 cm³/mol. The lowest BCUT2D eigenvalue weighted by Crippen LogP contribution is -2.21. The van der Waals surface area contributed by atoms with E-state index in [1.807, 2.05) is 24.3 Å². The third kappa shape index (κ3) is 4.36. The molecular weight excluding hydrogens is 424 g/mol. The molecule has 0 saturated carbocycles. The monoisotopic (exact) mass is 444 g/mol. The van der Waals surface area contributed by atoms with Crippen molar-refractivity contribution in [2.75, 3.05) is 19.0 Å². The van der Waals surface area contributed by atoms with Crippen LogP contribution in [0.1, 0.15) is 38.6 Å². The topological polar surface area (TPSA) is 94.6 Å². The fraction of sp³-hybridized carbons (Fsp3) is 0.333. The van der Waals surface area contributed by atoms with E-state index in [9.17, 15) is 14.4 Å². The van der Waals surface area contributed by atoms with Crippen LogP contribution < -0.4 is 5.32 Å². The Morgan fingerprint density at radius 1 is 1.17 bits per heavy atom. The second-order valence-electron chi connectivity index (χ2n) is 6.84. The van der Waals surface area contributed by atoms with Crippen LogP contribution in [-0.4, -0.2) is 36.5 Å². The molecular formula is C21H20N2O5S2. The highest BCUT2D eigenvalue weighted by atomic mass is 32.1. The lowest BCUT2D eigenvalue weighted by molar-refractivity contribution is -0.147. The molecule has 3 aromatic rings. The highest BCUT2D eigenvalue weighted by molar-refractivity contribution is 7.18. The first-order chi connectivity index (χ1) is 14.5. The Kier molecular flexibility index (Phi) is 6.10. The number of rotatable bonds is 7. The molecule has 1 aliphatic carbocycles. The van der Waals surface area contributed by atoms with Gasteiger partial charge >= 0.3 is 11.9 Å². The number of aryl methyl sites for hydroxylation is 2. The van der Waals surface area contributed by atoms with Crippen LogP contribution in [0.2, 0.25) is 0 Å². The molecule has 0 saturated heterocycles. The average molecular weight is 445 g/mol. The van der Waals surface area contributed by atoms with E-state index in [0.717, 1.165) is 44.9 Å². The standard InChI is InChI=1S/C21H20N2O5S2/c1-27-21(26)19-12-5-4-8-14(12)30-20(19)23-16(24)11-28-18(25)10-9-17-22-13-6-2-3-7-15(13)29-17/h2-3,6-7H,4-5,8-11H2,1H3,(H,23,24). The quantitative estimate of drug-likeness (QED) is 0.558. The molecule has 7 nitrogen and oxygen atoms in total. The van der Waals surface area contributed by atoms with E-state index in [1.165, 1.54) is 18.4 Å². The molecule has 1 aliphatic rings. The van der Waals surface area contributed by atoms with Crippen molar-refractivity contribution in [3.8, 4) is 0 Å². The second-order valence-corrected chi connectivity index (χ2v) is 9.06. The number of thiazole rings is 1. The smallest absolute Gasteiger partial charge is 0.341 e. The molecule has 0 radical (unpaired) electrons. The Hall–Kier alpha value is -2.78. The number of methoxy groups -OCH3 is 1. The summed E-state index contributed by atoms with van der Waals surface area (Å²) in [6, 6.07) is 7.79. The van der Waals surface area contributed by atoms with Crippen LogP contribution >= 0.6 is 22.7 Å². The molecule has 0 unspecified atom stereocenters. The van der Waals surface area contributed by atoms with Gasteiger partial charge in [-0.3, -0.25) is 9.59 Å². The Labute approximate surface area is 181 Å². The van der Waals surface area contributed by atoms with Gasteiger partial charge in [-0.15, -0.1) is 22.7 Å². The van der Waals surface area contributed by atoms with Gasteiger partial charge in [-0.2, -0.15) is 0 Å². The molecule has 1 aromatic carbocycles. The number of thiophene rings is 1. The van der Waals surface area contributed by atoms with E-state index in [1.54, 1.807) is 11.3 Å². The second kappa shape index (κ2) is 8.93. The highest BCUT2D eigenvalue weighted by Gasteiger charge is 2.28. The lowest BCUT2D eigenvalue weighted by Gasteiger charge is -2.07. The molecule has 4 rings (SSSR count). The molecule has 0 bridgehead atoms. The van der Waals surface area contributed by atoms with Crippen molar-refractivity contribution in [3.05, 3.63) is 45.3 Å². The van der Waals surface area contributed by atoms with Crippen LogP contribution in [0.15, 0.2) is 24.3 Å². The van der Waals surface area contributed by atoms with Crippen LogP contribution in [0.3, 0.4) is 0 Å². The number of amides is 1. The summed E-state index contributed by atoms with van der Waals surface area (Å²) >= 11 is 2.93. The largest absolute Gasteiger partial charge is 0.465 e. The van der Waals surface area contributed by atoms with Crippen LogP contribution in [0, 0.1) is 0 Å². The van der Waals surface area contributed by atoms with Gasteiger partial charge in [0.05, 0.1) is 34.3 Å². The summed E-state index contributed by atoms with van der Waals surface area (Å²) in [5.74, 6) is -1.41. The third-order valence-electron chi connectivity index (χ3n) is 4.81. The molecule has 1 amide bonds. The van der Waals surface area contributed by atoms with Gasteiger partial charge in [0.25, 0.3) is 5.91 Å². The number of hydrogen-bond acceptors (Lipinski definition) is 8. The van der Waals surface area contributed by atoms with E-state index in [0.29, 0.717) is 17.0 Å². The van der Waals surface area contributed by atoms with E-state index in [4.69, 9.17) is 9.47 Å². The summed E-state index contributed by atoms with van der Waals surface area (Å²) in [5.41, 5.74) is 2.29. The number of nitrogens with one attached hydrogen (secondary N) is 1. The van der Waals surface area contributed by atoms with Crippen LogP contribution in [0.25, 0.3) is 10.2 Å². The van der Waals surface area contributed by atoms with Gasteiger partial charge in [-0.05, 0) is 37.0 Å². The maximum atomic E-state index is 12.3. The number of para-hydroxylation sites is 1. The van der Waals surface area contributed by atoms with Gasteiger partial charge in [-0.25, -0.2) is 9.78 Å². The van der Waals surface area contributed by atoms with Gasteiger partial charge in [0.2, 0.25) is 0 Å². The minimum Gasteiger partial charge on any atom is -0.465 e. The third-order valence-corrected chi connectivity index (χ3v) is 7.11. The Balaban J connectivity index is 1.29. The van der Waals surface area contributed by atoms with Crippen LogP contribution in [-0.2, 0) is 38.3 Å². The van der Waals surface area contributed by atoms with Crippen molar-refractivity contribution in [2.45, 2.75) is 32.1 Å². The normalized spacial score (nSPS) is 12.6. The number of anilines is 1. The number of carbonyl (C=O) groups is 3. The van der Waals surface area contributed by atoms with Crippen molar-refractivity contribution in [1.29, 1.82) is 0 Å². The van der Waals surface area contributed by atoms with Gasteiger partial charge in [0, 0.05) is 11.3 Å². The maximum Gasteiger partial charge on any atom is 0.341 e. The summed E-state index contributed by atoms with van der Waals surface area (Å²) < 4.78 is 11.0. The molecule has 156 valence electrons. The summed E-state index contributed by atoms with van der Waals surface area (Å²) in [5, 5.41) is 4.01. The molecule has 0 aliphatic heterocycles. The highest BCUT2D eigenvalue weighted by Crippen LogP contribution is 2.39. The first-order valence-electron chi connectivity index (χ1n) is 9.58. The number of carbonyl (C=O) groups excluding carboxylic acids is 3. The summed E-state index contributed by atoms with van der Waals surface area (Å²) in [4.78, 5) is 42.0. The SMILES string of the molecule is COC(=O)c1c(NC(=O)COC(=O)CCc2nc3ccccc3s2)sc2c1CCC2. The number of fused-ring (bicyclic) bond motifs is 2. The van der Waals surface area contributed by atoms with Crippen molar-refractivity contribution >= 4 is 55.7 Å². The van der Waals surface area contributed by atoms with Gasteiger partial charge in [0.1, 0.15) is 5.00 Å². The number of nitrogens with zero attached hydrogens (tertiary/aromatic N) is 1. The zero-order valence-electron chi connectivity index (χ0n) is 16.4. The average Bonchev–Trinajstić information content (AvgIpc) is 3.44. The summed E-state index contributed by atoms with van der Waals surface area (Å²) in [6.07, 6.45) is 3.29. The molecule has 2 aromatic heterocycles. The van der Waals surface area contributed by atoms with E-state index in [2.05, 4.69) is 10.3 Å². The van der Waals surface area contributed by atoms with E-state index < -0.39 is 24.5 Å². The first kappa shape index (κ1) is 20.5. The zero-order chi connectivity index (χ0) is 21.1. The Morgan fingerprint density at radius 2 is 2.00 bits per heavy atom. The maximum absolute atomic E-state index is 12.3. The van der Waals surface area contributed by atoms with Gasteiger partial charge in [-0.1, -0.05) is 12.1 Å². The number of esters is 2. The Bertz CT molecular complexity index is 1080. The fourth-order valence-electron chi connectivity index (χ4n) is 3.43. The van der Waals surface area contributed by atoms with Gasteiger partial charge < -0.3 is 14.8 Å². The molecule has 0 atom stereocenters. The number of aromatic nitrogens is 1. The molecule has 30 heavy (non-hydrogen) atoms. The first-order valence-corrected chi connectivity index (χ1v) is 11.2. The van der Waals surface area contributed by atoms with Crippen molar-refractivity contribution in [1.82, 2.24) is 4.98 Å². The predicted octanol–water partition coefficient (Wildman–Crippen LogP) is 3.75. The van der Waals surface area contributed by atoms with Crippen LogP contribution in [0.5, 0.6) is 0 Å². The molecule has 2 heterocycles. The molecule has 0 spiro atoms. The van der Waals surface area contributed by atoms with Crippen molar-refractivity contribution in [2.24, 2.45) is 0 Å². The van der Waals surface area contributed by atoms with E-state index in [-0.39, 0.29) is 6.42 Å².